The van der Waals surface area contributed by atoms with Gasteiger partial charge in [0.15, 0.2) is 15.8 Å². The molecule has 1 aliphatic rings. The van der Waals surface area contributed by atoms with Gasteiger partial charge in [-0.05, 0) is 81.1 Å². The molecule has 0 unspecified atom stereocenters. The summed E-state index contributed by atoms with van der Waals surface area (Å²) in [7, 11) is 0. The zero-order valence-corrected chi connectivity index (χ0v) is 19.7. The van der Waals surface area contributed by atoms with E-state index in [4.69, 9.17) is 21.7 Å². The van der Waals surface area contributed by atoms with E-state index in [0.717, 1.165) is 23.2 Å². The summed E-state index contributed by atoms with van der Waals surface area (Å²) >= 11 is 6.82. The van der Waals surface area contributed by atoms with Crippen LogP contribution in [-0.2, 0) is 4.79 Å². The molecule has 1 aliphatic heterocycles. The summed E-state index contributed by atoms with van der Waals surface area (Å²) in [6, 6.07) is 11.7. The zero-order valence-electron chi connectivity index (χ0n) is 18.0. The van der Waals surface area contributed by atoms with Crippen molar-refractivity contribution in [3.63, 3.8) is 0 Å². The summed E-state index contributed by atoms with van der Waals surface area (Å²) in [4.78, 5) is 15.3. The number of carbonyl (C=O) groups excluding carboxylic acids is 1. The molecule has 1 atom stereocenters. The SMILES string of the molecule is CCOc1cc(/C=C2/SC(=S)N(c3ccc(C)c(C)c3)C2=O)ccc1O[C@@H](C)CC. The molecular formula is C24H27NO3S2. The smallest absolute Gasteiger partial charge is 0.270 e. The second-order valence-electron chi connectivity index (χ2n) is 7.26. The van der Waals surface area contributed by atoms with Gasteiger partial charge < -0.3 is 9.47 Å². The second kappa shape index (κ2) is 9.67. The average Bonchev–Trinajstić information content (AvgIpc) is 2.99. The normalized spacial score (nSPS) is 16.3. The van der Waals surface area contributed by atoms with Crippen LogP contribution < -0.4 is 14.4 Å². The summed E-state index contributed by atoms with van der Waals surface area (Å²) in [5.74, 6) is 1.29. The topological polar surface area (TPSA) is 38.8 Å². The first-order valence-electron chi connectivity index (χ1n) is 10.1. The van der Waals surface area contributed by atoms with E-state index in [1.807, 2.05) is 70.2 Å². The maximum absolute atomic E-state index is 13.1. The van der Waals surface area contributed by atoms with Crippen LogP contribution in [0, 0.1) is 13.8 Å². The lowest BCUT2D eigenvalue weighted by Crippen LogP contribution is -2.27. The van der Waals surface area contributed by atoms with Gasteiger partial charge in [0.25, 0.3) is 5.91 Å². The Labute approximate surface area is 188 Å². The highest BCUT2D eigenvalue weighted by molar-refractivity contribution is 8.27. The minimum absolute atomic E-state index is 0.101. The number of anilines is 1. The number of hydrogen-bond acceptors (Lipinski definition) is 5. The van der Waals surface area contributed by atoms with Crippen molar-refractivity contribution in [2.75, 3.05) is 11.5 Å². The van der Waals surface area contributed by atoms with E-state index < -0.39 is 0 Å². The molecule has 2 aromatic carbocycles. The molecule has 6 heteroatoms. The van der Waals surface area contributed by atoms with E-state index in [9.17, 15) is 4.79 Å². The third kappa shape index (κ3) is 4.87. The number of ether oxygens (including phenoxy) is 2. The summed E-state index contributed by atoms with van der Waals surface area (Å²) in [5.41, 5.74) is 3.98. The molecule has 1 saturated heterocycles. The molecule has 0 aliphatic carbocycles. The molecule has 30 heavy (non-hydrogen) atoms. The van der Waals surface area contributed by atoms with Gasteiger partial charge in [0, 0.05) is 0 Å². The highest BCUT2D eigenvalue weighted by Crippen LogP contribution is 2.38. The first-order chi connectivity index (χ1) is 14.3. The van der Waals surface area contributed by atoms with Gasteiger partial charge in [0.1, 0.15) is 0 Å². The molecule has 2 aromatic rings. The van der Waals surface area contributed by atoms with Crippen molar-refractivity contribution in [3.8, 4) is 11.5 Å². The van der Waals surface area contributed by atoms with Crippen LogP contribution in [0.3, 0.4) is 0 Å². The van der Waals surface area contributed by atoms with E-state index in [1.165, 1.54) is 17.3 Å². The van der Waals surface area contributed by atoms with E-state index in [0.29, 0.717) is 27.3 Å². The number of rotatable bonds is 7. The Morgan fingerprint density at radius 2 is 1.87 bits per heavy atom. The van der Waals surface area contributed by atoms with Crippen LogP contribution in [0.5, 0.6) is 11.5 Å². The highest BCUT2D eigenvalue weighted by Gasteiger charge is 2.33. The van der Waals surface area contributed by atoms with Crippen LogP contribution in [0.1, 0.15) is 43.9 Å². The number of benzene rings is 2. The molecule has 4 nitrogen and oxygen atoms in total. The molecule has 3 rings (SSSR count). The Morgan fingerprint density at radius 3 is 2.53 bits per heavy atom. The maximum atomic E-state index is 13.1. The minimum Gasteiger partial charge on any atom is -0.490 e. The van der Waals surface area contributed by atoms with Gasteiger partial charge in [0.2, 0.25) is 0 Å². The molecule has 1 fully saturated rings. The van der Waals surface area contributed by atoms with Gasteiger partial charge in [0.05, 0.1) is 23.3 Å². The zero-order chi connectivity index (χ0) is 21.8. The first kappa shape index (κ1) is 22.4. The van der Waals surface area contributed by atoms with Crippen molar-refractivity contribution >= 4 is 46.0 Å². The number of hydrogen-bond donors (Lipinski definition) is 0. The molecule has 1 heterocycles. The lowest BCUT2D eigenvalue weighted by Gasteiger charge is -2.17. The monoisotopic (exact) mass is 441 g/mol. The predicted molar refractivity (Wildman–Crippen MR) is 130 cm³/mol. The van der Waals surface area contributed by atoms with Crippen molar-refractivity contribution in [1.82, 2.24) is 0 Å². The second-order valence-corrected chi connectivity index (χ2v) is 8.94. The standard InChI is InChI=1S/C24H27NO3S2/c1-6-17(5)28-20-11-9-18(13-21(20)27-7-2)14-22-23(26)25(24(29)30-22)19-10-8-15(3)16(4)12-19/h8-14,17H,6-7H2,1-5H3/b22-14+/t17-/m0/s1. The fourth-order valence-electron chi connectivity index (χ4n) is 2.99. The molecule has 0 bridgehead atoms. The predicted octanol–water partition coefficient (Wildman–Crippen LogP) is 6.29. The summed E-state index contributed by atoms with van der Waals surface area (Å²) < 4.78 is 12.3. The molecule has 0 N–H and O–H groups in total. The molecular weight excluding hydrogens is 414 g/mol. The lowest BCUT2D eigenvalue weighted by atomic mass is 10.1. The van der Waals surface area contributed by atoms with Gasteiger partial charge in [-0.15, -0.1) is 0 Å². The van der Waals surface area contributed by atoms with Crippen LogP contribution >= 0.6 is 24.0 Å². The number of amides is 1. The summed E-state index contributed by atoms with van der Waals surface area (Å²) in [5, 5.41) is 0. The van der Waals surface area contributed by atoms with Crippen molar-refractivity contribution in [3.05, 3.63) is 58.0 Å². The van der Waals surface area contributed by atoms with Crippen molar-refractivity contribution in [2.24, 2.45) is 0 Å². The third-order valence-corrected chi connectivity index (χ3v) is 6.31. The maximum Gasteiger partial charge on any atom is 0.270 e. The first-order valence-corrected chi connectivity index (χ1v) is 11.3. The number of nitrogens with zero attached hydrogens (tertiary/aromatic N) is 1. The Bertz CT molecular complexity index is 1000. The van der Waals surface area contributed by atoms with Gasteiger partial charge in [-0.3, -0.25) is 9.69 Å². The Hall–Kier alpha value is -2.31. The van der Waals surface area contributed by atoms with Crippen molar-refractivity contribution < 1.29 is 14.3 Å². The number of thioether (sulfide) groups is 1. The van der Waals surface area contributed by atoms with Gasteiger partial charge in [-0.25, -0.2) is 0 Å². The van der Waals surface area contributed by atoms with Crippen LogP contribution in [0.15, 0.2) is 41.3 Å². The van der Waals surface area contributed by atoms with Crippen LogP contribution in [0.2, 0.25) is 0 Å². The third-order valence-electron chi connectivity index (χ3n) is 5.01. The molecule has 0 radical (unpaired) electrons. The van der Waals surface area contributed by atoms with Crippen LogP contribution in [0.25, 0.3) is 6.08 Å². The largest absolute Gasteiger partial charge is 0.490 e. The quantitative estimate of drug-likeness (QED) is 0.373. The Morgan fingerprint density at radius 1 is 1.10 bits per heavy atom. The summed E-state index contributed by atoms with van der Waals surface area (Å²) in [6.45, 7) is 10.7. The number of aryl methyl sites for hydroxylation is 2. The van der Waals surface area contributed by atoms with Crippen LogP contribution in [-0.4, -0.2) is 22.9 Å². The summed E-state index contributed by atoms with van der Waals surface area (Å²) in [6.07, 6.45) is 2.87. The fraction of sp³-hybridized carbons (Fsp3) is 0.333. The molecule has 1 amide bonds. The van der Waals surface area contributed by atoms with E-state index in [1.54, 1.807) is 4.90 Å². The van der Waals surface area contributed by atoms with E-state index >= 15 is 0 Å². The highest BCUT2D eigenvalue weighted by atomic mass is 32.2. The average molecular weight is 442 g/mol. The Kier molecular flexibility index (Phi) is 7.21. The molecule has 158 valence electrons. The molecule has 0 saturated carbocycles. The van der Waals surface area contributed by atoms with E-state index in [2.05, 4.69) is 6.92 Å². The molecule has 0 spiro atoms. The van der Waals surface area contributed by atoms with Gasteiger partial charge in [-0.1, -0.05) is 43.0 Å². The van der Waals surface area contributed by atoms with Gasteiger partial charge >= 0.3 is 0 Å². The Balaban J connectivity index is 1.89. The van der Waals surface area contributed by atoms with Crippen molar-refractivity contribution in [2.45, 2.75) is 47.1 Å². The number of thiocarbonyl (C=S) groups is 1. The lowest BCUT2D eigenvalue weighted by molar-refractivity contribution is -0.113. The minimum atomic E-state index is -0.105. The van der Waals surface area contributed by atoms with Gasteiger partial charge in [-0.2, -0.15) is 0 Å². The van der Waals surface area contributed by atoms with E-state index in [-0.39, 0.29) is 12.0 Å². The van der Waals surface area contributed by atoms with Crippen LogP contribution in [0.4, 0.5) is 5.69 Å². The van der Waals surface area contributed by atoms with Crippen molar-refractivity contribution in [1.29, 1.82) is 0 Å². The molecule has 0 aromatic heterocycles. The number of carbonyl (C=O) groups is 1. The fourth-order valence-corrected chi connectivity index (χ4v) is 4.29.